The summed E-state index contributed by atoms with van der Waals surface area (Å²) in [5.41, 5.74) is -0.145. The van der Waals surface area contributed by atoms with Crippen LogP contribution < -0.4 is 16.0 Å². The molecule has 0 radical (unpaired) electrons. The highest BCUT2D eigenvalue weighted by Crippen LogP contribution is 2.65. The van der Waals surface area contributed by atoms with E-state index in [1.807, 2.05) is 11.4 Å². The molecule has 0 unspecified atom stereocenters. The molecule has 3 aliphatic carbocycles. The Labute approximate surface area is 263 Å². The second kappa shape index (κ2) is 14.9. The van der Waals surface area contributed by atoms with Crippen LogP contribution in [0.15, 0.2) is 17.5 Å². The van der Waals surface area contributed by atoms with E-state index in [9.17, 15) is 14.4 Å². The maximum Gasteiger partial charge on any atom is 0.481 e. The minimum Gasteiger partial charge on any atom is -0.404 e. The average Bonchev–Trinajstić information content (AvgIpc) is 3.61. The summed E-state index contributed by atoms with van der Waals surface area (Å²) in [6.07, 6.45) is 11.0. The van der Waals surface area contributed by atoms with E-state index in [1.54, 1.807) is 6.07 Å². The fraction of sp³-hybridized carbons (Fsp3) is 0.788. The van der Waals surface area contributed by atoms with Crippen molar-refractivity contribution in [3.63, 3.8) is 0 Å². The molecule has 3 N–H and O–H groups in total. The van der Waals surface area contributed by atoms with Crippen molar-refractivity contribution in [1.29, 1.82) is 0 Å². The molecule has 4 fully saturated rings. The molecule has 10 heteroatoms. The van der Waals surface area contributed by atoms with E-state index < -0.39 is 13.2 Å². The van der Waals surface area contributed by atoms with Crippen LogP contribution in [0.5, 0.6) is 0 Å². The normalized spacial score (nSPS) is 26.8. The predicted octanol–water partition coefficient (Wildman–Crippen LogP) is 5.90. The Balaban J connectivity index is 1.38. The van der Waals surface area contributed by atoms with E-state index in [1.165, 1.54) is 37.0 Å². The highest BCUT2D eigenvalue weighted by molar-refractivity contribution is 7.12. The van der Waals surface area contributed by atoms with Crippen LogP contribution in [0.25, 0.3) is 0 Å². The Morgan fingerprint density at radius 3 is 2.42 bits per heavy atom. The molecule has 1 saturated heterocycles. The van der Waals surface area contributed by atoms with Crippen molar-refractivity contribution in [3.8, 4) is 0 Å². The molecule has 2 heterocycles. The van der Waals surface area contributed by atoms with Gasteiger partial charge in [-0.15, -0.1) is 11.3 Å². The van der Waals surface area contributed by atoms with Gasteiger partial charge in [0, 0.05) is 13.0 Å². The minimum absolute atomic E-state index is 0.00435. The van der Waals surface area contributed by atoms with Gasteiger partial charge in [-0.3, -0.25) is 14.4 Å². The fourth-order valence-corrected chi connectivity index (χ4v) is 8.15. The zero-order valence-electron chi connectivity index (χ0n) is 27.2. The number of unbranched alkanes of at least 4 members (excludes halogenated alkanes) is 6. The Morgan fingerprint density at radius 2 is 1.77 bits per heavy atom. The van der Waals surface area contributed by atoms with E-state index >= 15 is 0 Å². The van der Waals surface area contributed by atoms with E-state index in [-0.39, 0.29) is 47.3 Å². The van der Waals surface area contributed by atoms with Crippen molar-refractivity contribution >= 4 is 36.2 Å². The molecule has 8 nitrogen and oxygen atoms in total. The Hall–Kier alpha value is -1.91. The van der Waals surface area contributed by atoms with Crippen LogP contribution >= 0.6 is 11.3 Å². The SMILES string of the molecule is CCCCCCCCCC(=O)N[C@@H](CNC(=O)c1cccs1)C(=O)N[C@@H](CC(C)C)B1O[C@@H]2C[C@H]3C[C@H](C3(C)C)[C@]2(C)O1. The third-order valence-electron chi connectivity index (χ3n) is 10.2. The summed E-state index contributed by atoms with van der Waals surface area (Å²) >= 11 is 1.34. The van der Waals surface area contributed by atoms with Crippen LogP contribution in [0.4, 0.5) is 0 Å². The molecule has 3 amide bonds. The molecule has 1 aliphatic heterocycles. The summed E-state index contributed by atoms with van der Waals surface area (Å²) in [4.78, 5) is 40.0. The molecule has 6 atom stereocenters. The number of nitrogens with one attached hydrogen (secondary N) is 3. The van der Waals surface area contributed by atoms with Crippen LogP contribution in [-0.4, -0.2) is 55.1 Å². The van der Waals surface area contributed by atoms with Gasteiger partial charge in [-0.1, -0.05) is 79.2 Å². The summed E-state index contributed by atoms with van der Waals surface area (Å²) < 4.78 is 13.3. The maximum atomic E-state index is 13.8. The highest BCUT2D eigenvalue weighted by Gasteiger charge is 2.68. The first-order valence-electron chi connectivity index (χ1n) is 16.7. The molecular formula is C33H54BN3O5S. The first kappa shape index (κ1) is 34.0. The van der Waals surface area contributed by atoms with E-state index in [2.05, 4.69) is 57.5 Å². The summed E-state index contributed by atoms with van der Waals surface area (Å²) in [6, 6.07) is 2.66. The molecular weight excluding hydrogens is 561 g/mol. The van der Waals surface area contributed by atoms with Gasteiger partial charge in [0.05, 0.1) is 22.5 Å². The van der Waals surface area contributed by atoms with E-state index in [0.29, 0.717) is 35.5 Å². The summed E-state index contributed by atoms with van der Waals surface area (Å²) in [5.74, 6) is 0.228. The lowest BCUT2D eigenvalue weighted by Crippen LogP contribution is -2.65. The van der Waals surface area contributed by atoms with Gasteiger partial charge < -0.3 is 25.3 Å². The first-order chi connectivity index (χ1) is 20.5. The minimum atomic E-state index is -0.901. The van der Waals surface area contributed by atoms with Gasteiger partial charge in [-0.25, -0.2) is 0 Å². The number of carbonyl (C=O) groups excluding carboxylic acids is 3. The molecule has 0 aromatic carbocycles. The second-order valence-corrected chi connectivity index (χ2v) is 15.2. The number of rotatable bonds is 17. The predicted molar refractivity (Wildman–Crippen MR) is 173 cm³/mol. The van der Waals surface area contributed by atoms with Crippen LogP contribution in [0.2, 0.25) is 0 Å². The highest BCUT2D eigenvalue weighted by atomic mass is 32.1. The Bertz CT molecular complexity index is 1080. The smallest absolute Gasteiger partial charge is 0.404 e. The number of hydrogen-bond donors (Lipinski definition) is 3. The van der Waals surface area contributed by atoms with Gasteiger partial charge >= 0.3 is 7.12 Å². The fourth-order valence-electron chi connectivity index (χ4n) is 7.51. The molecule has 1 aromatic rings. The number of thiophene rings is 1. The molecule has 0 spiro atoms. The third kappa shape index (κ3) is 8.23. The molecule has 43 heavy (non-hydrogen) atoms. The van der Waals surface area contributed by atoms with Gasteiger partial charge in [0.2, 0.25) is 11.8 Å². The average molecular weight is 616 g/mol. The molecule has 240 valence electrons. The second-order valence-electron chi connectivity index (χ2n) is 14.3. The molecule has 1 aromatic heterocycles. The lowest BCUT2D eigenvalue weighted by atomic mass is 9.43. The van der Waals surface area contributed by atoms with Crippen molar-refractivity contribution in [3.05, 3.63) is 22.4 Å². The van der Waals surface area contributed by atoms with E-state index in [4.69, 9.17) is 9.31 Å². The topological polar surface area (TPSA) is 106 Å². The van der Waals surface area contributed by atoms with Crippen molar-refractivity contribution in [1.82, 2.24) is 16.0 Å². The Kier molecular flexibility index (Phi) is 11.8. The first-order valence-corrected chi connectivity index (χ1v) is 17.6. The summed E-state index contributed by atoms with van der Waals surface area (Å²) in [6.45, 7) is 13.3. The lowest BCUT2D eigenvalue weighted by molar-refractivity contribution is -0.199. The third-order valence-corrected chi connectivity index (χ3v) is 11.1. The standard InChI is InChI=1S/C33H54BN3O5S/c1-7-8-9-10-11-12-13-16-29(38)36-24(21-35-31(40)25-15-14-17-43-25)30(39)37-28(18-22(2)3)34-41-27-20-23-19-26(32(23,4)5)33(27,6)42-34/h14-15,17,22-24,26-28H,7-13,16,18-21H2,1-6H3,(H,35,40)(H,36,38)(H,37,39)/t23-,24+,26-,27-,28+,33+/m1/s1. The van der Waals surface area contributed by atoms with Crippen LogP contribution in [0.1, 0.15) is 122 Å². The van der Waals surface area contributed by atoms with E-state index in [0.717, 1.165) is 32.1 Å². The monoisotopic (exact) mass is 615 g/mol. The Morgan fingerprint density at radius 1 is 1.05 bits per heavy atom. The van der Waals surface area contributed by atoms with Gasteiger partial charge in [-0.2, -0.15) is 0 Å². The largest absolute Gasteiger partial charge is 0.481 e. The lowest BCUT2D eigenvalue weighted by Gasteiger charge is -2.64. The molecule has 3 saturated carbocycles. The van der Waals surface area contributed by atoms with Crippen LogP contribution in [0.3, 0.4) is 0 Å². The number of hydrogen-bond acceptors (Lipinski definition) is 6. The molecule has 5 rings (SSSR count). The van der Waals surface area contributed by atoms with Crippen LogP contribution in [-0.2, 0) is 18.9 Å². The zero-order chi connectivity index (χ0) is 31.2. The van der Waals surface area contributed by atoms with Crippen molar-refractivity contribution in [2.24, 2.45) is 23.2 Å². The van der Waals surface area contributed by atoms with Gasteiger partial charge in [0.25, 0.3) is 5.91 Å². The molecule has 4 aliphatic rings. The molecule has 2 bridgehead atoms. The summed E-state index contributed by atoms with van der Waals surface area (Å²) in [5, 5.41) is 10.8. The van der Waals surface area contributed by atoms with Crippen molar-refractivity contribution < 1.29 is 23.7 Å². The van der Waals surface area contributed by atoms with Gasteiger partial charge in [0.1, 0.15) is 6.04 Å². The van der Waals surface area contributed by atoms with Gasteiger partial charge in [0.15, 0.2) is 0 Å². The maximum absolute atomic E-state index is 13.8. The van der Waals surface area contributed by atoms with Gasteiger partial charge in [-0.05, 0) is 67.2 Å². The quantitative estimate of drug-likeness (QED) is 0.150. The zero-order valence-corrected chi connectivity index (χ0v) is 28.0. The van der Waals surface area contributed by atoms with Crippen molar-refractivity contribution in [2.45, 2.75) is 136 Å². The van der Waals surface area contributed by atoms with Crippen molar-refractivity contribution in [2.75, 3.05) is 6.54 Å². The summed E-state index contributed by atoms with van der Waals surface area (Å²) in [7, 11) is -0.554. The van der Waals surface area contributed by atoms with Crippen LogP contribution in [0, 0.1) is 23.2 Å². The number of carbonyl (C=O) groups is 3. The number of amides is 3.